The normalized spacial score (nSPS) is 18.2. The van der Waals surface area contributed by atoms with Gasteiger partial charge in [0.1, 0.15) is 17.0 Å². The Hall–Kier alpha value is -4.87. The lowest BCUT2D eigenvalue weighted by molar-refractivity contribution is -0.127. The lowest BCUT2D eigenvalue weighted by Gasteiger charge is -2.33. The number of nitrogens with two attached hydrogens (primary N) is 1. The molecule has 3 N–H and O–H groups in total. The summed E-state index contributed by atoms with van der Waals surface area (Å²) in [5, 5.41) is 8.70. The van der Waals surface area contributed by atoms with Crippen LogP contribution in [0.5, 0.6) is 0 Å². The van der Waals surface area contributed by atoms with Gasteiger partial charge in [-0.1, -0.05) is 12.6 Å². The molecule has 1 atom stereocenters. The number of anilines is 1. The fourth-order valence-corrected chi connectivity index (χ4v) is 6.95. The van der Waals surface area contributed by atoms with Gasteiger partial charge in [0.25, 0.3) is 0 Å². The molecular weight excluding hydrogens is 566 g/mol. The molecule has 1 aromatic carbocycles. The van der Waals surface area contributed by atoms with E-state index < -0.39 is 0 Å². The smallest absolute Gasteiger partial charge is 0.245 e. The van der Waals surface area contributed by atoms with E-state index in [1.165, 1.54) is 17.2 Å². The van der Waals surface area contributed by atoms with E-state index in [9.17, 15) is 4.79 Å². The molecule has 0 spiro atoms. The SMILES string of the molecule is C=CC(=O)N1CCC(NC2CCc3cc(-n4c(-c5cccnc5N)nc5ccc(-c6cc7n(n6)CCOC7)nc54)ccc32)CC1. The number of aromatic nitrogens is 6. The van der Waals surface area contributed by atoms with Crippen LogP contribution in [-0.2, 0) is 29.1 Å². The van der Waals surface area contributed by atoms with Crippen molar-refractivity contribution in [2.75, 3.05) is 25.4 Å². The van der Waals surface area contributed by atoms with Crippen molar-refractivity contribution in [3.05, 3.63) is 84.2 Å². The van der Waals surface area contributed by atoms with Gasteiger partial charge in [0.2, 0.25) is 5.91 Å². The molecule has 1 amide bonds. The number of nitrogens with zero attached hydrogens (tertiary/aromatic N) is 7. The van der Waals surface area contributed by atoms with Crippen LogP contribution in [0.1, 0.15) is 42.1 Å². The summed E-state index contributed by atoms with van der Waals surface area (Å²) in [5.41, 5.74) is 14.9. The molecule has 0 radical (unpaired) electrons. The van der Waals surface area contributed by atoms with Crippen LogP contribution in [0, 0.1) is 0 Å². The number of likely N-dealkylation sites (tertiary alicyclic amines) is 1. The number of carbonyl (C=O) groups excluding carboxylic acids is 1. The van der Waals surface area contributed by atoms with Crippen LogP contribution in [0.3, 0.4) is 0 Å². The maximum atomic E-state index is 12.0. The van der Waals surface area contributed by atoms with Crippen molar-refractivity contribution in [3.8, 4) is 28.5 Å². The Morgan fingerprint density at radius 2 is 1.93 bits per heavy atom. The number of amides is 1. The zero-order valence-corrected chi connectivity index (χ0v) is 25.0. The Kier molecular flexibility index (Phi) is 6.91. The molecule has 0 bridgehead atoms. The van der Waals surface area contributed by atoms with Crippen molar-refractivity contribution >= 4 is 22.9 Å². The van der Waals surface area contributed by atoms with E-state index in [4.69, 9.17) is 25.5 Å². The number of aryl methyl sites for hydroxylation is 1. The molecule has 6 heterocycles. The Bertz CT molecular complexity index is 1910. The summed E-state index contributed by atoms with van der Waals surface area (Å²) >= 11 is 0. The summed E-state index contributed by atoms with van der Waals surface area (Å²) < 4.78 is 9.72. The number of rotatable bonds is 6. The number of piperidine rings is 1. The van der Waals surface area contributed by atoms with Crippen molar-refractivity contribution in [1.82, 2.24) is 39.5 Å². The second-order valence-electron chi connectivity index (χ2n) is 12.0. The first-order valence-electron chi connectivity index (χ1n) is 15.6. The predicted molar refractivity (Wildman–Crippen MR) is 171 cm³/mol. The quantitative estimate of drug-likeness (QED) is 0.277. The van der Waals surface area contributed by atoms with Crippen molar-refractivity contribution < 1.29 is 9.53 Å². The summed E-state index contributed by atoms with van der Waals surface area (Å²) in [4.78, 5) is 28.4. The van der Waals surface area contributed by atoms with E-state index >= 15 is 0 Å². The highest BCUT2D eigenvalue weighted by molar-refractivity contribution is 5.87. The monoisotopic (exact) mass is 601 g/mol. The van der Waals surface area contributed by atoms with Crippen LogP contribution in [0.4, 0.5) is 5.82 Å². The molecule has 45 heavy (non-hydrogen) atoms. The molecule has 11 nitrogen and oxygen atoms in total. The molecule has 1 unspecified atom stereocenters. The minimum Gasteiger partial charge on any atom is -0.383 e. The second kappa shape index (κ2) is 11.2. The third-order valence-corrected chi connectivity index (χ3v) is 9.29. The van der Waals surface area contributed by atoms with E-state index in [0.717, 1.165) is 84.8 Å². The highest BCUT2D eigenvalue weighted by Crippen LogP contribution is 2.37. The van der Waals surface area contributed by atoms with Crippen LogP contribution in [-0.4, -0.2) is 65.8 Å². The fourth-order valence-electron chi connectivity index (χ4n) is 6.95. The van der Waals surface area contributed by atoms with Gasteiger partial charge in [-0.3, -0.25) is 14.0 Å². The zero-order valence-electron chi connectivity index (χ0n) is 25.0. The molecule has 1 fully saturated rings. The maximum absolute atomic E-state index is 12.0. The molecule has 0 saturated carbocycles. The number of pyridine rings is 2. The van der Waals surface area contributed by atoms with Gasteiger partial charge in [0.15, 0.2) is 11.5 Å². The summed E-state index contributed by atoms with van der Waals surface area (Å²) in [6.45, 7) is 7.10. The summed E-state index contributed by atoms with van der Waals surface area (Å²) in [6, 6.07) is 17.2. The minimum atomic E-state index is 0.0203. The van der Waals surface area contributed by atoms with Crippen LogP contribution >= 0.6 is 0 Å². The lowest BCUT2D eigenvalue weighted by atomic mass is 10.0. The van der Waals surface area contributed by atoms with E-state index in [-0.39, 0.29) is 11.9 Å². The summed E-state index contributed by atoms with van der Waals surface area (Å²) in [6.07, 6.45) is 7.01. The third kappa shape index (κ3) is 4.98. The van der Waals surface area contributed by atoms with Crippen molar-refractivity contribution in [2.45, 2.75) is 50.9 Å². The molecule has 1 aliphatic carbocycles. The average Bonchev–Trinajstić information content (AvgIpc) is 3.79. The van der Waals surface area contributed by atoms with Crippen molar-refractivity contribution in [2.24, 2.45) is 0 Å². The lowest BCUT2D eigenvalue weighted by Crippen LogP contribution is -2.45. The molecule has 228 valence electrons. The molecule has 11 heteroatoms. The van der Waals surface area contributed by atoms with Gasteiger partial charge in [-0.2, -0.15) is 5.10 Å². The van der Waals surface area contributed by atoms with Crippen LogP contribution in [0.15, 0.2) is 67.4 Å². The molecule has 1 saturated heterocycles. The van der Waals surface area contributed by atoms with Crippen LogP contribution in [0.2, 0.25) is 0 Å². The third-order valence-electron chi connectivity index (χ3n) is 9.29. The topological polar surface area (TPSA) is 129 Å². The first kappa shape index (κ1) is 27.7. The number of ether oxygens (including phenoxy) is 1. The van der Waals surface area contributed by atoms with Gasteiger partial charge >= 0.3 is 0 Å². The number of carbonyl (C=O) groups is 1. The Morgan fingerprint density at radius 1 is 1.04 bits per heavy atom. The van der Waals surface area contributed by atoms with Gasteiger partial charge in [-0.15, -0.1) is 0 Å². The highest BCUT2D eigenvalue weighted by atomic mass is 16.5. The molecular formula is C34H35N9O2. The van der Waals surface area contributed by atoms with Crippen molar-refractivity contribution in [3.63, 3.8) is 0 Å². The standard InChI is InChI=1S/C34H35N9O2/c1-2-31(44)41-14-11-22(12-15-41)37-27-8-5-21-18-23(6-7-25(21)27)43-33(26-4-3-13-36-32(26)35)39-29-10-9-28(38-34(29)43)30-19-24-20-45-17-16-42(24)40-30/h2-4,6-7,9-10,13,18-19,22,27,37H,1,5,8,11-12,14-17,20H2,(H2,35,36). The molecule has 4 aromatic heterocycles. The summed E-state index contributed by atoms with van der Waals surface area (Å²) in [5.74, 6) is 1.14. The number of nitrogen functional groups attached to an aromatic ring is 1. The number of benzene rings is 1. The number of nitrogens with one attached hydrogen (secondary N) is 1. The number of hydrogen-bond acceptors (Lipinski definition) is 8. The maximum Gasteiger partial charge on any atom is 0.245 e. The van der Waals surface area contributed by atoms with E-state index in [1.54, 1.807) is 6.20 Å². The summed E-state index contributed by atoms with van der Waals surface area (Å²) in [7, 11) is 0. The van der Waals surface area contributed by atoms with E-state index in [0.29, 0.717) is 30.9 Å². The first-order chi connectivity index (χ1) is 22.1. The Morgan fingerprint density at radius 3 is 2.76 bits per heavy atom. The second-order valence-corrected chi connectivity index (χ2v) is 12.0. The van der Waals surface area contributed by atoms with Gasteiger partial charge in [-0.25, -0.2) is 15.0 Å². The largest absolute Gasteiger partial charge is 0.383 e. The molecule has 8 rings (SSSR count). The Balaban J connectivity index is 1.15. The van der Waals surface area contributed by atoms with Gasteiger partial charge in [-0.05, 0) is 85.4 Å². The van der Waals surface area contributed by atoms with Gasteiger partial charge < -0.3 is 20.7 Å². The molecule has 5 aromatic rings. The van der Waals surface area contributed by atoms with Crippen LogP contribution < -0.4 is 11.1 Å². The average molecular weight is 602 g/mol. The molecule has 3 aliphatic rings. The number of fused-ring (bicyclic) bond motifs is 3. The first-order valence-corrected chi connectivity index (χ1v) is 15.6. The predicted octanol–water partition coefficient (Wildman–Crippen LogP) is 4.21. The number of hydrogen-bond donors (Lipinski definition) is 2. The fraction of sp³-hybridized carbons (Fsp3) is 0.324. The minimum absolute atomic E-state index is 0.0203. The van der Waals surface area contributed by atoms with Crippen LogP contribution in [0.25, 0.3) is 39.6 Å². The Labute approximate surface area is 260 Å². The zero-order chi connectivity index (χ0) is 30.5. The van der Waals surface area contributed by atoms with Crippen molar-refractivity contribution in [1.29, 1.82) is 0 Å². The van der Waals surface area contributed by atoms with E-state index in [2.05, 4.69) is 45.7 Å². The van der Waals surface area contributed by atoms with E-state index in [1.807, 2.05) is 33.8 Å². The van der Waals surface area contributed by atoms with Gasteiger partial charge in [0, 0.05) is 37.1 Å². The van der Waals surface area contributed by atoms with Gasteiger partial charge in [0.05, 0.1) is 36.7 Å². The number of imidazole rings is 1. The highest BCUT2D eigenvalue weighted by Gasteiger charge is 2.29. The molecule has 2 aliphatic heterocycles.